The molecule has 1 aliphatic heterocycles. The van der Waals surface area contributed by atoms with E-state index in [1.54, 1.807) is 11.8 Å². The molecule has 3 aromatic rings. The Morgan fingerprint density at radius 2 is 1.79 bits per heavy atom. The standard InChI is InChI=1S/C17H16N6S/c1-2-6-13(7-3-1)10-23-11-14(19-22-23)12-24-17-18-15-8-4-5-9-16(15)20-21-17/h1-9,11,20H,10,12H2,(H,18,21). The van der Waals surface area contributed by atoms with Gasteiger partial charge in [0.1, 0.15) is 0 Å². The molecule has 0 atom stereocenters. The SMILES string of the molecule is c1ccc(Cn2cc(CSC3=Nc4ccccc4NN3)nn2)cc1. The van der Waals surface area contributed by atoms with Gasteiger partial charge in [0, 0.05) is 11.9 Å². The molecule has 120 valence electrons. The van der Waals surface area contributed by atoms with Gasteiger partial charge in [-0.05, 0) is 17.7 Å². The van der Waals surface area contributed by atoms with Crippen molar-refractivity contribution in [2.45, 2.75) is 12.3 Å². The third-order valence-corrected chi connectivity index (χ3v) is 4.47. The second kappa shape index (κ2) is 6.76. The zero-order valence-electron chi connectivity index (χ0n) is 12.9. The van der Waals surface area contributed by atoms with Gasteiger partial charge in [0.2, 0.25) is 0 Å². The van der Waals surface area contributed by atoms with Gasteiger partial charge in [0.25, 0.3) is 0 Å². The first kappa shape index (κ1) is 14.8. The molecule has 0 saturated carbocycles. The van der Waals surface area contributed by atoms with E-state index in [9.17, 15) is 0 Å². The smallest absolute Gasteiger partial charge is 0.181 e. The minimum absolute atomic E-state index is 0.713. The summed E-state index contributed by atoms with van der Waals surface area (Å²) < 4.78 is 1.86. The Hall–Kier alpha value is -2.80. The number of thioether (sulfide) groups is 1. The fourth-order valence-electron chi connectivity index (χ4n) is 2.40. The van der Waals surface area contributed by atoms with Crippen LogP contribution in [0.4, 0.5) is 11.4 Å². The zero-order valence-corrected chi connectivity index (χ0v) is 13.7. The molecule has 24 heavy (non-hydrogen) atoms. The highest BCUT2D eigenvalue weighted by atomic mass is 32.2. The van der Waals surface area contributed by atoms with Crippen LogP contribution in [0.1, 0.15) is 11.3 Å². The number of nitrogens with one attached hydrogen (secondary N) is 2. The van der Waals surface area contributed by atoms with Crippen LogP contribution in [-0.2, 0) is 12.3 Å². The van der Waals surface area contributed by atoms with Gasteiger partial charge >= 0.3 is 0 Å². The lowest BCUT2D eigenvalue weighted by atomic mass is 10.2. The highest BCUT2D eigenvalue weighted by Crippen LogP contribution is 2.28. The summed E-state index contributed by atoms with van der Waals surface area (Å²) in [6, 6.07) is 18.2. The monoisotopic (exact) mass is 336 g/mol. The van der Waals surface area contributed by atoms with Crippen molar-refractivity contribution < 1.29 is 0 Å². The van der Waals surface area contributed by atoms with Gasteiger partial charge in [-0.15, -0.1) is 5.10 Å². The molecule has 0 spiro atoms. The van der Waals surface area contributed by atoms with E-state index in [1.807, 2.05) is 53.3 Å². The number of rotatable bonds is 4. The molecular formula is C17H16N6S. The zero-order chi connectivity index (χ0) is 16.2. The molecule has 2 aromatic carbocycles. The Balaban J connectivity index is 1.38. The number of aromatic nitrogens is 3. The number of hydrogen-bond acceptors (Lipinski definition) is 6. The molecule has 6 nitrogen and oxygen atoms in total. The minimum atomic E-state index is 0.713. The highest BCUT2D eigenvalue weighted by molar-refractivity contribution is 8.13. The Kier molecular flexibility index (Phi) is 4.16. The van der Waals surface area contributed by atoms with E-state index in [2.05, 4.69) is 38.3 Å². The van der Waals surface area contributed by atoms with Gasteiger partial charge < -0.3 is 0 Å². The third kappa shape index (κ3) is 3.41. The number of aliphatic imine (C=N–C) groups is 1. The number of amidine groups is 1. The van der Waals surface area contributed by atoms with Crippen LogP contribution in [0, 0.1) is 0 Å². The number of hydrogen-bond donors (Lipinski definition) is 2. The summed E-state index contributed by atoms with van der Waals surface area (Å²) in [7, 11) is 0. The average Bonchev–Trinajstić information content (AvgIpc) is 3.08. The second-order valence-electron chi connectivity index (χ2n) is 5.37. The van der Waals surface area contributed by atoms with Crippen molar-refractivity contribution in [3.63, 3.8) is 0 Å². The summed E-state index contributed by atoms with van der Waals surface area (Å²) in [4.78, 5) is 4.59. The fraction of sp³-hybridized carbons (Fsp3) is 0.118. The van der Waals surface area contributed by atoms with Crippen molar-refractivity contribution in [3.05, 3.63) is 72.1 Å². The van der Waals surface area contributed by atoms with E-state index in [-0.39, 0.29) is 0 Å². The van der Waals surface area contributed by atoms with E-state index >= 15 is 0 Å². The Bertz CT molecular complexity index is 858. The van der Waals surface area contributed by atoms with Gasteiger partial charge in [-0.3, -0.25) is 10.9 Å². The van der Waals surface area contributed by atoms with Gasteiger partial charge in [-0.25, -0.2) is 9.67 Å². The third-order valence-electron chi connectivity index (χ3n) is 3.56. The van der Waals surface area contributed by atoms with Crippen molar-refractivity contribution in [2.24, 2.45) is 4.99 Å². The minimum Gasteiger partial charge on any atom is -0.297 e. The highest BCUT2D eigenvalue weighted by Gasteiger charge is 2.11. The Morgan fingerprint density at radius 3 is 2.71 bits per heavy atom. The van der Waals surface area contributed by atoms with Crippen molar-refractivity contribution in [3.8, 4) is 0 Å². The van der Waals surface area contributed by atoms with Crippen molar-refractivity contribution in [1.82, 2.24) is 20.4 Å². The summed E-state index contributed by atoms with van der Waals surface area (Å²) in [5.41, 5.74) is 10.3. The topological polar surface area (TPSA) is 67.1 Å². The number of nitrogens with zero attached hydrogens (tertiary/aromatic N) is 4. The molecule has 4 rings (SSSR count). The summed E-state index contributed by atoms with van der Waals surface area (Å²) in [6.07, 6.45) is 1.98. The summed E-state index contributed by atoms with van der Waals surface area (Å²) in [5.74, 6) is 0.713. The maximum Gasteiger partial charge on any atom is 0.181 e. The Morgan fingerprint density at radius 1 is 0.958 bits per heavy atom. The van der Waals surface area contributed by atoms with E-state index in [4.69, 9.17) is 0 Å². The second-order valence-corrected chi connectivity index (χ2v) is 6.33. The first-order valence-corrected chi connectivity index (χ1v) is 8.61. The van der Waals surface area contributed by atoms with Crippen LogP contribution < -0.4 is 10.9 Å². The average molecular weight is 336 g/mol. The van der Waals surface area contributed by atoms with Crippen LogP contribution in [-0.4, -0.2) is 20.2 Å². The molecule has 0 aliphatic carbocycles. The van der Waals surface area contributed by atoms with Crippen molar-refractivity contribution in [1.29, 1.82) is 0 Å². The molecule has 0 fully saturated rings. The summed E-state index contributed by atoms with van der Waals surface area (Å²) >= 11 is 1.59. The molecule has 1 aromatic heterocycles. The molecule has 2 N–H and O–H groups in total. The number of para-hydroxylation sites is 2. The predicted octanol–water partition coefficient (Wildman–Crippen LogP) is 3.18. The van der Waals surface area contributed by atoms with E-state index in [0.29, 0.717) is 5.75 Å². The van der Waals surface area contributed by atoms with Crippen LogP contribution >= 0.6 is 11.8 Å². The number of benzene rings is 2. The summed E-state index contributed by atoms with van der Waals surface area (Å²) in [6.45, 7) is 0.729. The molecule has 0 amide bonds. The lowest BCUT2D eigenvalue weighted by Gasteiger charge is -2.18. The molecule has 0 bridgehead atoms. The van der Waals surface area contributed by atoms with Gasteiger partial charge in [0.05, 0.1) is 23.6 Å². The van der Waals surface area contributed by atoms with Gasteiger partial charge in [-0.2, -0.15) is 0 Å². The van der Waals surface area contributed by atoms with Crippen LogP contribution in [0.5, 0.6) is 0 Å². The first-order valence-electron chi connectivity index (χ1n) is 7.62. The fourth-order valence-corrected chi connectivity index (χ4v) is 3.10. The van der Waals surface area contributed by atoms with E-state index < -0.39 is 0 Å². The predicted molar refractivity (Wildman–Crippen MR) is 97.2 cm³/mol. The van der Waals surface area contributed by atoms with Crippen molar-refractivity contribution >= 4 is 28.3 Å². The van der Waals surface area contributed by atoms with Crippen molar-refractivity contribution in [2.75, 3.05) is 5.43 Å². The Labute approximate surface area is 144 Å². The molecule has 0 unspecified atom stereocenters. The maximum atomic E-state index is 4.59. The van der Waals surface area contributed by atoms with E-state index in [1.165, 1.54) is 5.56 Å². The lowest BCUT2D eigenvalue weighted by Crippen LogP contribution is -2.29. The van der Waals surface area contributed by atoms with Crippen LogP contribution in [0.25, 0.3) is 0 Å². The molecule has 0 saturated heterocycles. The van der Waals surface area contributed by atoms with E-state index in [0.717, 1.165) is 28.8 Å². The number of fused-ring (bicyclic) bond motifs is 1. The largest absolute Gasteiger partial charge is 0.297 e. The first-order chi connectivity index (χ1) is 11.9. The molecule has 2 heterocycles. The number of hydrazine groups is 1. The summed E-state index contributed by atoms with van der Waals surface area (Å²) in [5, 5.41) is 9.24. The molecular weight excluding hydrogens is 320 g/mol. The number of anilines is 1. The lowest BCUT2D eigenvalue weighted by molar-refractivity contribution is 0.649. The van der Waals surface area contributed by atoms with Gasteiger partial charge in [-0.1, -0.05) is 59.4 Å². The maximum absolute atomic E-state index is 4.59. The quantitative estimate of drug-likeness (QED) is 0.766. The molecule has 1 aliphatic rings. The molecule has 7 heteroatoms. The van der Waals surface area contributed by atoms with Crippen LogP contribution in [0.2, 0.25) is 0 Å². The molecule has 0 radical (unpaired) electrons. The normalized spacial score (nSPS) is 12.8. The van der Waals surface area contributed by atoms with Crippen LogP contribution in [0.3, 0.4) is 0 Å². The van der Waals surface area contributed by atoms with Crippen LogP contribution in [0.15, 0.2) is 65.8 Å². The van der Waals surface area contributed by atoms with Gasteiger partial charge in [0.15, 0.2) is 5.17 Å².